The molecule has 2 rings (SSSR count). The van der Waals surface area contributed by atoms with Gasteiger partial charge in [0.15, 0.2) is 0 Å². The maximum atomic E-state index is 12.3. The van der Waals surface area contributed by atoms with Gasteiger partial charge in [-0.15, -0.1) is 0 Å². The number of methoxy groups -OCH3 is 1. The summed E-state index contributed by atoms with van der Waals surface area (Å²) in [6.45, 7) is 2.51. The second kappa shape index (κ2) is 8.43. The van der Waals surface area contributed by atoms with Gasteiger partial charge in [-0.3, -0.25) is 19.3 Å². The van der Waals surface area contributed by atoms with E-state index >= 15 is 0 Å². The first-order valence-electron chi connectivity index (χ1n) is 8.36. The zero-order valence-electron chi connectivity index (χ0n) is 15.3. The zero-order chi connectivity index (χ0) is 20.1. The van der Waals surface area contributed by atoms with E-state index in [4.69, 9.17) is 4.74 Å². The van der Waals surface area contributed by atoms with E-state index in [0.717, 1.165) is 10.5 Å². The summed E-state index contributed by atoms with van der Waals surface area (Å²) < 4.78 is 4.70. The number of urea groups is 1. The van der Waals surface area contributed by atoms with Crippen molar-refractivity contribution in [2.45, 2.75) is 32.4 Å². The lowest BCUT2D eigenvalue weighted by Gasteiger charge is -2.20. The highest BCUT2D eigenvalue weighted by Gasteiger charge is 2.46. The van der Waals surface area contributed by atoms with Gasteiger partial charge in [0, 0.05) is 12.5 Å². The number of carbonyl (C=O) groups excluding carboxylic acids is 5. The summed E-state index contributed by atoms with van der Waals surface area (Å²) in [6.07, 6.45) is 0.179. The molecule has 0 unspecified atom stereocenters. The fourth-order valence-electron chi connectivity index (χ4n) is 2.69. The zero-order valence-corrected chi connectivity index (χ0v) is 15.3. The molecule has 1 aliphatic rings. The van der Waals surface area contributed by atoms with Crippen LogP contribution in [0.3, 0.4) is 0 Å². The normalized spacial score (nSPS) is 15.3. The molecule has 144 valence electrons. The molecule has 0 saturated carbocycles. The maximum Gasteiger partial charge on any atom is 0.334 e. The molecule has 0 aromatic heterocycles. The number of amides is 5. The van der Waals surface area contributed by atoms with Gasteiger partial charge in [-0.05, 0) is 19.4 Å². The Bertz CT molecular complexity index is 762. The number of carbonyl (C=O) groups is 5. The van der Waals surface area contributed by atoms with Crippen molar-refractivity contribution in [3.63, 3.8) is 0 Å². The molecular formula is C18H21N3O6. The van der Waals surface area contributed by atoms with Crippen molar-refractivity contribution >= 4 is 29.7 Å². The van der Waals surface area contributed by atoms with E-state index in [1.807, 2.05) is 6.07 Å². The Morgan fingerprint density at radius 1 is 1.07 bits per heavy atom. The molecule has 1 aromatic rings. The van der Waals surface area contributed by atoms with E-state index in [1.54, 1.807) is 38.1 Å². The number of nitrogens with zero attached hydrogens (tertiary/aromatic N) is 2. The van der Waals surface area contributed by atoms with Crippen molar-refractivity contribution in [2.24, 2.45) is 0 Å². The second-order valence-electron chi connectivity index (χ2n) is 6.28. The number of esters is 1. The monoisotopic (exact) mass is 375 g/mol. The summed E-state index contributed by atoms with van der Waals surface area (Å²) in [5.74, 6) is -3.45. The molecule has 27 heavy (non-hydrogen) atoms. The molecule has 1 fully saturated rings. The van der Waals surface area contributed by atoms with Crippen LogP contribution in [0.1, 0.15) is 19.4 Å². The summed E-state index contributed by atoms with van der Waals surface area (Å²) in [6, 6.07) is 6.62. The highest BCUT2D eigenvalue weighted by atomic mass is 16.5. The van der Waals surface area contributed by atoms with Gasteiger partial charge in [0.1, 0.15) is 12.6 Å². The van der Waals surface area contributed by atoms with Crippen molar-refractivity contribution < 1.29 is 28.7 Å². The molecule has 0 bridgehead atoms. The third-order valence-electron chi connectivity index (χ3n) is 4.01. The number of hydrogen-bond donors (Lipinski definition) is 1. The third kappa shape index (κ3) is 4.49. The minimum Gasteiger partial charge on any atom is -0.467 e. The molecule has 1 aliphatic heterocycles. The minimum absolute atomic E-state index is 0.179. The van der Waals surface area contributed by atoms with Gasteiger partial charge < -0.3 is 10.1 Å². The Labute approximate surface area is 156 Å². The highest BCUT2D eigenvalue weighted by molar-refractivity contribution is 6.45. The fraction of sp³-hybridized carbons (Fsp3) is 0.389. The van der Waals surface area contributed by atoms with Gasteiger partial charge in [0.2, 0.25) is 5.91 Å². The number of ether oxygens (including phenoxy) is 1. The molecule has 0 spiro atoms. The Morgan fingerprint density at radius 3 is 2.22 bits per heavy atom. The van der Waals surface area contributed by atoms with E-state index in [9.17, 15) is 24.0 Å². The summed E-state index contributed by atoms with van der Waals surface area (Å²) in [7, 11) is 1.19. The summed E-state index contributed by atoms with van der Waals surface area (Å²) in [5, 5.41) is 2.45. The van der Waals surface area contributed by atoms with Crippen molar-refractivity contribution in [3.05, 3.63) is 35.9 Å². The second-order valence-corrected chi connectivity index (χ2v) is 6.28. The van der Waals surface area contributed by atoms with Gasteiger partial charge in [-0.1, -0.05) is 30.3 Å². The van der Waals surface area contributed by atoms with Gasteiger partial charge in [-0.25, -0.2) is 14.5 Å². The van der Waals surface area contributed by atoms with Crippen LogP contribution in [-0.4, -0.2) is 65.3 Å². The van der Waals surface area contributed by atoms with Crippen LogP contribution in [-0.2, 0) is 30.3 Å². The Hall–Kier alpha value is -3.23. The summed E-state index contributed by atoms with van der Waals surface area (Å²) in [4.78, 5) is 61.7. The van der Waals surface area contributed by atoms with Crippen LogP contribution in [0, 0.1) is 0 Å². The molecule has 5 amide bonds. The van der Waals surface area contributed by atoms with Crippen molar-refractivity contribution in [1.29, 1.82) is 0 Å². The van der Waals surface area contributed by atoms with E-state index in [2.05, 4.69) is 5.32 Å². The van der Waals surface area contributed by atoms with Gasteiger partial charge >= 0.3 is 23.8 Å². The molecule has 1 heterocycles. The topological polar surface area (TPSA) is 113 Å². The van der Waals surface area contributed by atoms with Crippen LogP contribution < -0.4 is 5.32 Å². The Kier molecular flexibility index (Phi) is 6.27. The molecule has 9 nitrogen and oxygen atoms in total. The van der Waals surface area contributed by atoms with Gasteiger partial charge in [-0.2, -0.15) is 0 Å². The first kappa shape index (κ1) is 20.1. The molecule has 1 N–H and O–H groups in total. The Morgan fingerprint density at radius 2 is 1.70 bits per heavy atom. The molecular weight excluding hydrogens is 354 g/mol. The molecule has 0 aliphatic carbocycles. The van der Waals surface area contributed by atoms with Crippen LogP contribution >= 0.6 is 0 Å². The number of rotatable bonds is 7. The quantitative estimate of drug-likeness (QED) is 0.410. The van der Waals surface area contributed by atoms with Crippen LogP contribution in [0.15, 0.2) is 30.3 Å². The molecule has 1 atom stereocenters. The first-order chi connectivity index (χ1) is 12.8. The van der Waals surface area contributed by atoms with Crippen molar-refractivity contribution in [2.75, 3.05) is 13.7 Å². The summed E-state index contributed by atoms with van der Waals surface area (Å²) in [5.41, 5.74) is 0.794. The predicted octanol–water partition coefficient (Wildman–Crippen LogP) is 0.0861. The third-order valence-corrected chi connectivity index (χ3v) is 4.01. The highest BCUT2D eigenvalue weighted by Crippen LogP contribution is 2.15. The number of nitrogens with one attached hydrogen (secondary N) is 1. The Balaban J connectivity index is 2.07. The molecule has 1 saturated heterocycles. The average molecular weight is 375 g/mol. The average Bonchev–Trinajstić information content (AvgIpc) is 2.84. The number of imide groups is 2. The lowest BCUT2D eigenvalue weighted by molar-refractivity contribution is -0.146. The van der Waals surface area contributed by atoms with E-state index in [0.29, 0.717) is 4.90 Å². The van der Waals surface area contributed by atoms with Crippen LogP contribution in [0.2, 0.25) is 0 Å². The van der Waals surface area contributed by atoms with Crippen LogP contribution in [0.4, 0.5) is 4.79 Å². The van der Waals surface area contributed by atoms with Gasteiger partial charge in [0.05, 0.1) is 7.11 Å². The van der Waals surface area contributed by atoms with Crippen molar-refractivity contribution in [3.8, 4) is 0 Å². The SMILES string of the molecule is COC(=O)[C@H](Cc1ccccc1)NC(=O)CN1C(=O)C(=O)N(C(C)C)C1=O. The smallest absolute Gasteiger partial charge is 0.334 e. The van der Waals surface area contributed by atoms with Crippen molar-refractivity contribution in [1.82, 2.24) is 15.1 Å². The largest absolute Gasteiger partial charge is 0.467 e. The number of benzene rings is 1. The van der Waals surface area contributed by atoms with Crippen LogP contribution in [0.5, 0.6) is 0 Å². The predicted molar refractivity (Wildman–Crippen MR) is 93.2 cm³/mol. The molecule has 1 aromatic carbocycles. The summed E-state index contributed by atoms with van der Waals surface area (Å²) >= 11 is 0. The molecule has 0 radical (unpaired) electrons. The standard InChI is InChI=1S/C18H21N3O6/c1-11(2)21-16(24)15(23)20(18(21)26)10-14(22)19-13(17(25)27-3)9-12-7-5-4-6-8-12/h4-8,11,13H,9-10H2,1-3H3,(H,19,22)/t13-/m0/s1. The maximum absolute atomic E-state index is 12.3. The van der Waals surface area contributed by atoms with E-state index < -0.39 is 48.4 Å². The van der Waals surface area contributed by atoms with E-state index in [-0.39, 0.29) is 6.42 Å². The fourth-order valence-corrected chi connectivity index (χ4v) is 2.69. The molecule has 9 heteroatoms. The van der Waals surface area contributed by atoms with E-state index in [1.165, 1.54) is 7.11 Å². The number of hydrogen-bond acceptors (Lipinski definition) is 6. The van der Waals surface area contributed by atoms with Gasteiger partial charge in [0.25, 0.3) is 0 Å². The lowest BCUT2D eigenvalue weighted by Crippen LogP contribution is -2.48. The first-order valence-corrected chi connectivity index (χ1v) is 8.36. The lowest BCUT2D eigenvalue weighted by atomic mass is 10.1. The van der Waals surface area contributed by atoms with Crippen LogP contribution in [0.25, 0.3) is 0 Å². The minimum atomic E-state index is -1.07.